The molecule has 0 aliphatic carbocycles. The highest BCUT2D eigenvalue weighted by Crippen LogP contribution is 2.20. The number of benzene rings is 2. The lowest BCUT2D eigenvalue weighted by molar-refractivity contribution is -0.115. The Kier molecular flexibility index (Phi) is 6.49. The zero-order chi connectivity index (χ0) is 18.4. The summed E-state index contributed by atoms with van der Waals surface area (Å²) in [5.74, 6) is -3.64. The monoisotopic (exact) mass is 432 g/mol. The Morgan fingerprint density at radius 3 is 2.12 bits per heavy atom. The normalized spacial score (nSPS) is 11.4. The van der Waals surface area contributed by atoms with Crippen molar-refractivity contribution in [1.29, 1.82) is 0 Å². The van der Waals surface area contributed by atoms with Crippen LogP contribution in [-0.2, 0) is 14.6 Å². The Morgan fingerprint density at radius 2 is 1.56 bits per heavy atom. The molecule has 0 saturated heterocycles. The maximum absolute atomic E-state index is 12.4. The van der Waals surface area contributed by atoms with E-state index in [4.69, 9.17) is 0 Å². The van der Waals surface area contributed by atoms with Gasteiger partial charge in [-0.2, -0.15) is 8.78 Å². The number of halogens is 3. The Balaban J connectivity index is 1.83. The van der Waals surface area contributed by atoms with Crippen molar-refractivity contribution >= 4 is 43.0 Å². The lowest BCUT2D eigenvalue weighted by atomic mass is 10.3. The zero-order valence-electron chi connectivity index (χ0n) is 12.9. The highest BCUT2D eigenvalue weighted by molar-refractivity contribution is 9.10. The van der Waals surface area contributed by atoms with E-state index in [1.54, 1.807) is 12.1 Å². The molecule has 2 aromatic rings. The second-order valence-electron chi connectivity index (χ2n) is 5.06. The molecule has 0 aliphatic heterocycles. The third-order valence-corrected chi connectivity index (χ3v) is 5.15. The van der Waals surface area contributed by atoms with Gasteiger partial charge in [-0.15, -0.1) is 0 Å². The van der Waals surface area contributed by atoms with Crippen LogP contribution < -0.4 is 10.6 Å². The van der Waals surface area contributed by atoms with Crippen LogP contribution in [0.15, 0.2) is 57.9 Å². The van der Waals surface area contributed by atoms with Crippen LogP contribution in [0.25, 0.3) is 0 Å². The summed E-state index contributed by atoms with van der Waals surface area (Å²) in [5.41, 5.74) is 1.21. The van der Waals surface area contributed by atoms with Crippen LogP contribution in [0.2, 0.25) is 0 Å². The van der Waals surface area contributed by atoms with Crippen LogP contribution in [-0.4, -0.2) is 26.6 Å². The van der Waals surface area contributed by atoms with Gasteiger partial charge in [-0.25, -0.2) is 8.42 Å². The molecule has 0 saturated carbocycles. The molecule has 0 radical (unpaired) electrons. The van der Waals surface area contributed by atoms with Gasteiger partial charge in [0.15, 0.2) is 0 Å². The van der Waals surface area contributed by atoms with E-state index < -0.39 is 20.5 Å². The van der Waals surface area contributed by atoms with Crippen LogP contribution in [0.5, 0.6) is 0 Å². The smallest absolute Gasteiger partial charge is 0.341 e. The first-order valence-corrected chi connectivity index (χ1v) is 9.54. The maximum atomic E-state index is 12.4. The Bertz CT molecular complexity index is 825. The lowest BCUT2D eigenvalue weighted by Gasteiger charge is -2.09. The standard InChI is InChI=1S/C16H15BrF2N2O3S/c17-11-1-3-13(4-2-11)21-15(22)9-10-20-12-5-7-14(8-6-12)25(23,24)16(18)19/h1-8,16,20H,9-10H2,(H,21,22). The molecule has 0 aliphatic rings. The fourth-order valence-electron chi connectivity index (χ4n) is 1.94. The van der Waals surface area contributed by atoms with Crippen molar-refractivity contribution in [1.82, 2.24) is 0 Å². The molecule has 0 bridgehead atoms. The molecular weight excluding hydrogens is 418 g/mol. The first kappa shape index (κ1) is 19.3. The Hall–Kier alpha value is -2.00. The first-order valence-electron chi connectivity index (χ1n) is 7.20. The minimum atomic E-state index is -4.59. The molecular formula is C16H15BrF2N2O3S. The van der Waals surface area contributed by atoms with Gasteiger partial charge in [-0.05, 0) is 48.5 Å². The number of amides is 1. The van der Waals surface area contributed by atoms with E-state index in [-0.39, 0.29) is 12.3 Å². The number of alkyl halides is 2. The molecule has 25 heavy (non-hydrogen) atoms. The number of carbonyl (C=O) groups excluding carboxylic acids is 1. The van der Waals surface area contributed by atoms with Gasteiger partial charge in [0.25, 0.3) is 0 Å². The largest absolute Gasteiger partial charge is 0.385 e. The second kappa shape index (κ2) is 8.39. The Morgan fingerprint density at radius 1 is 1.00 bits per heavy atom. The first-order chi connectivity index (χ1) is 11.8. The van der Waals surface area contributed by atoms with Crippen molar-refractivity contribution in [2.45, 2.75) is 17.1 Å². The maximum Gasteiger partial charge on any atom is 0.341 e. The molecule has 134 valence electrons. The molecule has 5 nitrogen and oxygen atoms in total. The van der Waals surface area contributed by atoms with Crippen LogP contribution in [0.3, 0.4) is 0 Å². The van der Waals surface area contributed by atoms with Crippen molar-refractivity contribution in [3.05, 3.63) is 53.0 Å². The van der Waals surface area contributed by atoms with Crippen molar-refractivity contribution in [3.63, 3.8) is 0 Å². The van der Waals surface area contributed by atoms with Gasteiger partial charge in [-0.3, -0.25) is 4.79 Å². The van der Waals surface area contributed by atoms with Gasteiger partial charge in [0.05, 0.1) is 4.90 Å². The molecule has 0 spiro atoms. The fourth-order valence-corrected chi connectivity index (χ4v) is 2.93. The zero-order valence-corrected chi connectivity index (χ0v) is 15.3. The third kappa shape index (κ3) is 5.50. The summed E-state index contributed by atoms with van der Waals surface area (Å²) in [4.78, 5) is 11.4. The number of anilines is 2. The van der Waals surface area contributed by atoms with E-state index >= 15 is 0 Å². The molecule has 0 atom stereocenters. The number of hydrogen-bond acceptors (Lipinski definition) is 4. The fraction of sp³-hybridized carbons (Fsp3) is 0.188. The predicted molar refractivity (Wildman–Crippen MR) is 95.5 cm³/mol. The average Bonchev–Trinajstić information content (AvgIpc) is 2.57. The summed E-state index contributed by atoms with van der Waals surface area (Å²) in [7, 11) is -4.59. The van der Waals surface area contributed by atoms with Gasteiger partial charge in [-0.1, -0.05) is 15.9 Å². The van der Waals surface area contributed by atoms with Gasteiger partial charge in [0, 0.05) is 28.8 Å². The van der Waals surface area contributed by atoms with E-state index in [0.717, 1.165) is 16.6 Å². The SMILES string of the molecule is O=C(CCNc1ccc(S(=O)(=O)C(F)F)cc1)Nc1ccc(Br)cc1. The van der Waals surface area contributed by atoms with E-state index in [1.807, 2.05) is 12.1 Å². The summed E-state index contributed by atoms with van der Waals surface area (Å²) in [6.45, 7) is 0.309. The van der Waals surface area contributed by atoms with E-state index in [0.29, 0.717) is 17.9 Å². The average molecular weight is 433 g/mol. The van der Waals surface area contributed by atoms with Gasteiger partial charge in [0.1, 0.15) is 0 Å². The highest BCUT2D eigenvalue weighted by atomic mass is 79.9. The molecule has 2 N–H and O–H groups in total. The van der Waals surface area contributed by atoms with Gasteiger partial charge >= 0.3 is 5.76 Å². The molecule has 0 aromatic heterocycles. The third-order valence-electron chi connectivity index (χ3n) is 3.23. The minimum Gasteiger partial charge on any atom is -0.385 e. The number of nitrogens with one attached hydrogen (secondary N) is 2. The molecule has 2 aromatic carbocycles. The van der Waals surface area contributed by atoms with Crippen LogP contribution >= 0.6 is 15.9 Å². The minimum absolute atomic E-state index is 0.188. The summed E-state index contributed by atoms with van der Waals surface area (Å²) < 4.78 is 48.4. The summed E-state index contributed by atoms with van der Waals surface area (Å²) in [6, 6.07) is 12.1. The number of rotatable bonds is 7. The summed E-state index contributed by atoms with van der Waals surface area (Å²) in [6.07, 6.45) is 0.188. The van der Waals surface area contributed by atoms with E-state index in [1.165, 1.54) is 12.1 Å². The van der Waals surface area contributed by atoms with Crippen molar-refractivity contribution in [3.8, 4) is 0 Å². The van der Waals surface area contributed by atoms with E-state index in [9.17, 15) is 22.0 Å². The van der Waals surface area contributed by atoms with Crippen molar-refractivity contribution in [2.75, 3.05) is 17.2 Å². The van der Waals surface area contributed by atoms with Crippen LogP contribution in [0.1, 0.15) is 6.42 Å². The second-order valence-corrected chi connectivity index (χ2v) is 7.90. The molecule has 1 amide bonds. The Labute approximate surface area is 152 Å². The van der Waals surface area contributed by atoms with Gasteiger partial charge in [0.2, 0.25) is 15.7 Å². The topological polar surface area (TPSA) is 75.3 Å². The molecule has 0 heterocycles. The number of sulfone groups is 1. The van der Waals surface area contributed by atoms with E-state index in [2.05, 4.69) is 26.6 Å². The van der Waals surface area contributed by atoms with Crippen LogP contribution in [0.4, 0.5) is 20.2 Å². The molecule has 0 unspecified atom stereocenters. The van der Waals surface area contributed by atoms with Gasteiger partial charge < -0.3 is 10.6 Å². The molecule has 2 rings (SSSR count). The molecule has 9 heteroatoms. The van der Waals surface area contributed by atoms with Crippen LogP contribution in [0, 0.1) is 0 Å². The van der Waals surface area contributed by atoms with Crippen molar-refractivity contribution < 1.29 is 22.0 Å². The lowest BCUT2D eigenvalue weighted by Crippen LogP contribution is -2.16. The molecule has 0 fully saturated rings. The number of hydrogen-bond donors (Lipinski definition) is 2. The predicted octanol–water partition coefficient (Wildman–Crippen LogP) is 3.89. The summed E-state index contributed by atoms with van der Waals surface area (Å²) >= 11 is 3.30. The number of carbonyl (C=O) groups is 1. The summed E-state index contributed by atoms with van der Waals surface area (Å²) in [5, 5.41) is 5.66. The highest BCUT2D eigenvalue weighted by Gasteiger charge is 2.26. The van der Waals surface area contributed by atoms with Crippen molar-refractivity contribution in [2.24, 2.45) is 0 Å². The quantitative estimate of drug-likeness (QED) is 0.695.